The average Bonchev–Trinajstić information content (AvgIpc) is 2.62. The fourth-order valence-corrected chi connectivity index (χ4v) is 2.18. The molecule has 16 heavy (non-hydrogen) atoms. The lowest BCUT2D eigenvalue weighted by Crippen LogP contribution is -2.38. The van der Waals surface area contributed by atoms with Crippen molar-refractivity contribution >= 4 is 0 Å². The van der Waals surface area contributed by atoms with Gasteiger partial charge in [0.2, 0.25) is 0 Å². The van der Waals surface area contributed by atoms with Crippen LogP contribution in [0.3, 0.4) is 0 Å². The Labute approximate surface area is 101 Å². The number of nitrogens with zero attached hydrogens (tertiary/aromatic N) is 2. The van der Waals surface area contributed by atoms with E-state index in [1.54, 1.807) is 0 Å². The van der Waals surface area contributed by atoms with Gasteiger partial charge in [0, 0.05) is 25.2 Å². The highest BCUT2D eigenvalue weighted by Crippen LogP contribution is 2.16. The van der Waals surface area contributed by atoms with E-state index < -0.39 is 0 Å². The molecule has 1 saturated heterocycles. The Bertz CT molecular complexity index is 192. The van der Waals surface area contributed by atoms with Gasteiger partial charge in [0.1, 0.15) is 0 Å². The molecule has 1 N–H and O–H groups in total. The van der Waals surface area contributed by atoms with Gasteiger partial charge in [-0.3, -0.25) is 0 Å². The first kappa shape index (κ1) is 13.9. The zero-order valence-corrected chi connectivity index (χ0v) is 11.7. The quantitative estimate of drug-likeness (QED) is 0.737. The van der Waals surface area contributed by atoms with Gasteiger partial charge in [-0.1, -0.05) is 13.8 Å². The molecule has 1 fully saturated rings. The van der Waals surface area contributed by atoms with Crippen molar-refractivity contribution in [3.63, 3.8) is 0 Å². The molecule has 0 bridgehead atoms. The Morgan fingerprint density at radius 1 is 1.31 bits per heavy atom. The maximum absolute atomic E-state index is 3.55. The second kappa shape index (κ2) is 6.58. The molecule has 0 aliphatic carbocycles. The van der Waals surface area contributed by atoms with E-state index in [-0.39, 0.29) is 0 Å². The molecule has 0 aromatic carbocycles. The maximum Gasteiger partial charge on any atom is 0.0188 e. The molecule has 0 spiro atoms. The van der Waals surface area contributed by atoms with Crippen LogP contribution in [0, 0.1) is 5.92 Å². The molecular formula is C13H29N3. The van der Waals surface area contributed by atoms with Crippen LogP contribution < -0.4 is 5.32 Å². The zero-order valence-electron chi connectivity index (χ0n) is 11.7. The van der Waals surface area contributed by atoms with E-state index in [0.717, 1.165) is 5.92 Å². The normalized spacial score (nSPS) is 24.6. The molecule has 0 radical (unpaired) electrons. The predicted molar refractivity (Wildman–Crippen MR) is 70.8 cm³/mol. The van der Waals surface area contributed by atoms with Crippen molar-refractivity contribution in [2.24, 2.45) is 5.92 Å². The highest BCUT2D eigenvalue weighted by molar-refractivity contribution is 4.80. The predicted octanol–water partition coefficient (Wildman–Crippen LogP) is 1.26. The summed E-state index contributed by atoms with van der Waals surface area (Å²) in [4.78, 5) is 4.91. The summed E-state index contributed by atoms with van der Waals surface area (Å²) in [6.07, 6.45) is 1.36. The number of hydrogen-bond donors (Lipinski definition) is 1. The summed E-state index contributed by atoms with van der Waals surface area (Å²) in [6.45, 7) is 11.7. The Hall–Kier alpha value is -0.120. The van der Waals surface area contributed by atoms with E-state index in [4.69, 9.17) is 0 Å². The molecule has 2 unspecified atom stereocenters. The van der Waals surface area contributed by atoms with Crippen molar-refractivity contribution in [1.82, 2.24) is 15.1 Å². The molecule has 0 aromatic heterocycles. The number of likely N-dealkylation sites (tertiary alicyclic amines) is 1. The first-order chi connectivity index (χ1) is 7.49. The minimum atomic E-state index is 0.620. The Kier molecular flexibility index (Phi) is 5.73. The van der Waals surface area contributed by atoms with Gasteiger partial charge in [-0.2, -0.15) is 0 Å². The van der Waals surface area contributed by atoms with Gasteiger partial charge < -0.3 is 15.1 Å². The van der Waals surface area contributed by atoms with Crippen LogP contribution in [0.15, 0.2) is 0 Å². The summed E-state index contributed by atoms with van der Waals surface area (Å²) < 4.78 is 0. The minimum absolute atomic E-state index is 0.620. The van der Waals surface area contributed by atoms with Crippen LogP contribution in [-0.4, -0.2) is 62.2 Å². The number of likely N-dealkylation sites (N-methyl/N-ethyl adjacent to an activating group) is 1. The van der Waals surface area contributed by atoms with Crippen LogP contribution in [0.2, 0.25) is 0 Å². The molecule has 0 saturated carbocycles. The Balaban J connectivity index is 2.19. The monoisotopic (exact) mass is 227 g/mol. The highest BCUT2D eigenvalue weighted by Gasteiger charge is 2.23. The topological polar surface area (TPSA) is 18.5 Å². The van der Waals surface area contributed by atoms with Crippen LogP contribution in [-0.2, 0) is 0 Å². The summed E-state index contributed by atoms with van der Waals surface area (Å²) in [6, 6.07) is 1.28. The molecule has 1 aliphatic rings. The smallest absolute Gasteiger partial charge is 0.0188 e. The Morgan fingerprint density at radius 2 is 2.00 bits per heavy atom. The standard InChI is InChI=1S/C13H29N3/c1-11(2)14-8-13-6-7-16(10-13)9-12(3)15(4)5/h11-14H,6-10H2,1-5H3. The molecule has 0 aromatic rings. The number of hydrogen-bond acceptors (Lipinski definition) is 3. The molecule has 3 heteroatoms. The second-order valence-electron chi connectivity index (χ2n) is 5.79. The third-order valence-electron chi connectivity index (χ3n) is 3.59. The van der Waals surface area contributed by atoms with E-state index in [1.807, 2.05) is 0 Å². The molecular weight excluding hydrogens is 198 g/mol. The first-order valence-corrected chi connectivity index (χ1v) is 6.61. The van der Waals surface area contributed by atoms with E-state index >= 15 is 0 Å². The summed E-state index contributed by atoms with van der Waals surface area (Å²) in [5, 5.41) is 3.55. The lowest BCUT2D eigenvalue weighted by molar-refractivity contribution is 0.215. The van der Waals surface area contributed by atoms with E-state index in [0.29, 0.717) is 12.1 Å². The van der Waals surface area contributed by atoms with E-state index in [1.165, 1.54) is 32.6 Å². The molecule has 0 amide bonds. The van der Waals surface area contributed by atoms with Gasteiger partial charge >= 0.3 is 0 Å². The van der Waals surface area contributed by atoms with E-state index in [2.05, 4.69) is 50.0 Å². The van der Waals surface area contributed by atoms with Crippen molar-refractivity contribution in [3.8, 4) is 0 Å². The minimum Gasteiger partial charge on any atom is -0.314 e. The number of rotatable bonds is 6. The fourth-order valence-electron chi connectivity index (χ4n) is 2.18. The third kappa shape index (κ3) is 4.81. The average molecular weight is 227 g/mol. The maximum atomic E-state index is 3.55. The van der Waals surface area contributed by atoms with Gasteiger partial charge in [0.05, 0.1) is 0 Å². The molecule has 1 rings (SSSR count). The second-order valence-corrected chi connectivity index (χ2v) is 5.79. The van der Waals surface area contributed by atoms with Gasteiger partial charge in [0.25, 0.3) is 0 Å². The molecule has 3 nitrogen and oxygen atoms in total. The summed E-state index contributed by atoms with van der Waals surface area (Å²) in [5.74, 6) is 0.858. The largest absolute Gasteiger partial charge is 0.314 e. The zero-order chi connectivity index (χ0) is 12.1. The van der Waals surface area contributed by atoms with Gasteiger partial charge in [-0.25, -0.2) is 0 Å². The van der Waals surface area contributed by atoms with Crippen molar-refractivity contribution < 1.29 is 0 Å². The van der Waals surface area contributed by atoms with Crippen molar-refractivity contribution in [2.45, 2.75) is 39.3 Å². The fraction of sp³-hybridized carbons (Fsp3) is 1.00. The van der Waals surface area contributed by atoms with Crippen LogP contribution in [0.4, 0.5) is 0 Å². The SMILES string of the molecule is CC(C)NCC1CCN(CC(C)N(C)C)C1. The lowest BCUT2D eigenvalue weighted by Gasteiger charge is -2.25. The summed E-state index contributed by atoms with van der Waals surface area (Å²) >= 11 is 0. The van der Waals surface area contributed by atoms with Gasteiger partial charge in [-0.15, -0.1) is 0 Å². The Morgan fingerprint density at radius 3 is 2.56 bits per heavy atom. The van der Waals surface area contributed by atoms with Gasteiger partial charge in [-0.05, 0) is 46.4 Å². The van der Waals surface area contributed by atoms with Crippen LogP contribution in [0.1, 0.15) is 27.2 Å². The molecule has 1 heterocycles. The molecule has 2 atom stereocenters. The van der Waals surface area contributed by atoms with Crippen molar-refractivity contribution in [2.75, 3.05) is 40.3 Å². The first-order valence-electron chi connectivity index (χ1n) is 6.61. The molecule has 96 valence electrons. The highest BCUT2D eigenvalue weighted by atomic mass is 15.2. The van der Waals surface area contributed by atoms with Crippen LogP contribution in [0.25, 0.3) is 0 Å². The lowest BCUT2D eigenvalue weighted by atomic mass is 10.1. The van der Waals surface area contributed by atoms with Crippen LogP contribution in [0.5, 0.6) is 0 Å². The molecule has 1 aliphatic heterocycles. The van der Waals surface area contributed by atoms with E-state index in [9.17, 15) is 0 Å². The summed E-state index contributed by atoms with van der Waals surface area (Å²) in [5.41, 5.74) is 0. The van der Waals surface area contributed by atoms with Gasteiger partial charge in [0.15, 0.2) is 0 Å². The van der Waals surface area contributed by atoms with Crippen molar-refractivity contribution in [1.29, 1.82) is 0 Å². The van der Waals surface area contributed by atoms with Crippen LogP contribution >= 0.6 is 0 Å². The number of nitrogens with one attached hydrogen (secondary N) is 1. The van der Waals surface area contributed by atoms with Crippen molar-refractivity contribution in [3.05, 3.63) is 0 Å². The third-order valence-corrected chi connectivity index (χ3v) is 3.59. The summed E-state index contributed by atoms with van der Waals surface area (Å²) in [7, 11) is 4.33.